The Hall–Kier alpha value is -3.53. The summed E-state index contributed by atoms with van der Waals surface area (Å²) in [6.45, 7) is 0. The van der Waals surface area contributed by atoms with Crippen molar-refractivity contribution in [2.24, 2.45) is 0 Å². The fourth-order valence-corrected chi connectivity index (χ4v) is 3.32. The predicted molar refractivity (Wildman–Crippen MR) is 120 cm³/mol. The van der Waals surface area contributed by atoms with Crippen LogP contribution in [0, 0.1) is 0 Å². The summed E-state index contributed by atoms with van der Waals surface area (Å²) in [6.07, 6.45) is 1.53. The third-order valence-corrected chi connectivity index (χ3v) is 4.96. The Labute approximate surface area is 187 Å². The molecule has 3 aromatic rings. The zero-order chi connectivity index (χ0) is 22.5. The van der Waals surface area contributed by atoms with Crippen molar-refractivity contribution < 1.29 is 24.1 Å². The number of methoxy groups -OCH3 is 3. The Morgan fingerprint density at radius 2 is 1.74 bits per heavy atom. The maximum atomic E-state index is 12.8. The minimum Gasteiger partial charge on any atom is -0.507 e. The van der Waals surface area contributed by atoms with Crippen LogP contribution in [0.5, 0.6) is 23.0 Å². The largest absolute Gasteiger partial charge is 0.507 e. The molecule has 9 nitrogen and oxygen atoms in total. The second-order valence-corrected chi connectivity index (χ2v) is 7.14. The van der Waals surface area contributed by atoms with E-state index in [1.807, 2.05) is 0 Å². The molecule has 2 N–H and O–H groups in total. The number of halogens is 1. The molecule has 0 aliphatic carbocycles. The number of rotatable bonds is 7. The van der Waals surface area contributed by atoms with Gasteiger partial charge in [-0.1, -0.05) is 12.1 Å². The van der Waals surface area contributed by atoms with E-state index in [1.54, 1.807) is 37.4 Å². The lowest BCUT2D eigenvalue weighted by Crippen LogP contribution is -2.27. The van der Waals surface area contributed by atoms with Crippen LogP contribution in [0.25, 0.3) is 0 Å². The summed E-state index contributed by atoms with van der Waals surface area (Å²) in [4.78, 5) is 22.9. The van der Waals surface area contributed by atoms with Crippen LogP contribution < -0.4 is 24.4 Å². The van der Waals surface area contributed by atoms with E-state index >= 15 is 0 Å². The molecular formula is C21H21BrN4O5. The minimum atomic E-state index is -0.420. The Balaban J connectivity index is 1.93. The van der Waals surface area contributed by atoms with Crippen LogP contribution in [0.4, 0.5) is 17.5 Å². The molecule has 10 heteroatoms. The second kappa shape index (κ2) is 9.52. The maximum absolute atomic E-state index is 12.8. The number of amides is 1. The highest BCUT2D eigenvalue weighted by Gasteiger charge is 2.21. The summed E-state index contributed by atoms with van der Waals surface area (Å²) < 4.78 is 16.6. The van der Waals surface area contributed by atoms with Gasteiger partial charge in [0.25, 0.3) is 5.91 Å². The van der Waals surface area contributed by atoms with Gasteiger partial charge in [0.05, 0.1) is 31.4 Å². The number of nitrogens with one attached hydrogen (secondary N) is 1. The molecule has 0 aliphatic rings. The van der Waals surface area contributed by atoms with Crippen LogP contribution in [0.3, 0.4) is 0 Å². The van der Waals surface area contributed by atoms with E-state index in [2.05, 4.69) is 31.2 Å². The van der Waals surface area contributed by atoms with E-state index in [9.17, 15) is 9.90 Å². The molecule has 0 fully saturated rings. The predicted octanol–water partition coefficient (Wildman–Crippen LogP) is 3.99. The van der Waals surface area contributed by atoms with Gasteiger partial charge < -0.3 is 24.6 Å². The Morgan fingerprint density at radius 1 is 1.10 bits per heavy atom. The number of phenolic OH excluding ortho intramolecular Hbond substituents is 1. The van der Waals surface area contributed by atoms with Crippen LogP contribution in [0.2, 0.25) is 0 Å². The minimum absolute atomic E-state index is 0.111. The standard InChI is InChI=1S/C21H21BrN4O5/c1-26(20(28)13-7-5-6-8-15(13)27)19-14(22)11-23-21(25-19)24-12-9-16(29-2)18(31-4)17(10-12)30-3/h5-11,27H,1-4H3,(H,23,24,25). The molecule has 0 saturated heterocycles. The van der Waals surface area contributed by atoms with E-state index in [-0.39, 0.29) is 17.3 Å². The van der Waals surface area contributed by atoms with Crippen LogP contribution >= 0.6 is 15.9 Å². The third kappa shape index (κ3) is 4.64. The first-order chi connectivity index (χ1) is 14.9. The van der Waals surface area contributed by atoms with E-state index in [0.717, 1.165) is 0 Å². The molecule has 0 bridgehead atoms. The number of para-hydroxylation sites is 1. The maximum Gasteiger partial charge on any atom is 0.262 e. The lowest BCUT2D eigenvalue weighted by atomic mass is 10.2. The molecule has 1 heterocycles. The lowest BCUT2D eigenvalue weighted by Gasteiger charge is -2.19. The first-order valence-electron chi connectivity index (χ1n) is 9.05. The molecule has 0 atom stereocenters. The molecule has 31 heavy (non-hydrogen) atoms. The van der Waals surface area contributed by atoms with Crippen LogP contribution in [0.15, 0.2) is 47.1 Å². The first-order valence-corrected chi connectivity index (χ1v) is 9.84. The number of carbonyl (C=O) groups is 1. The van der Waals surface area contributed by atoms with Gasteiger partial charge in [0.15, 0.2) is 17.3 Å². The van der Waals surface area contributed by atoms with Crippen molar-refractivity contribution in [3.05, 3.63) is 52.6 Å². The van der Waals surface area contributed by atoms with E-state index < -0.39 is 5.91 Å². The molecule has 0 radical (unpaired) electrons. The van der Waals surface area contributed by atoms with Gasteiger partial charge in [-0.2, -0.15) is 4.98 Å². The molecule has 0 saturated carbocycles. The molecule has 2 aromatic carbocycles. The van der Waals surface area contributed by atoms with Gasteiger partial charge in [-0.3, -0.25) is 9.69 Å². The fraction of sp³-hybridized carbons (Fsp3) is 0.190. The zero-order valence-electron chi connectivity index (χ0n) is 17.3. The van der Waals surface area contributed by atoms with Crippen molar-refractivity contribution in [2.45, 2.75) is 0 Å². The van der Waals surface area contributed by atoms with Crippen LogP contribution in [-0.2, 0) is 0 Å². The summed E-state index contributed by atoms with van der Waals surface area (Å²) in [5, 5.41) is 13.1. The van der Waals surface area contributed by atoms with Crippen LogP contribution in [-0.4, -0.2) is 49.4 Å². The monoisotopic (exact) mass is 488 g/mol. The van der Waals surface area contributed by atoms with Gasteiger partial charge >= 0.3 is 0 Å². The summed E-state index contributed by atoms with van der Waals surface area (Å²) in [7, 11) is 6.13. The molecule has 1 amide bonds. The van der Waals surface area contributed by atoms with Gasteiger partial charge in [0, 0.05) is 31.1 Å². The van der Waals surface area contributed by atoms with E-state index in [4.69, 9.17) is 14.2 Å². The van der Waals surface area contributed by atoms with E-state index in [0.29, 0.717) is 33.2 Å². The summed E-state index contributed by atoms with van der Waals surface area (Å²) in [5.74, 6) is 1.42. The lowest BCUT2D eigenvalue weighted by molar-refractivity contribution is 0.0989. The van der Waals surface area contributed by atoms with Crippen LogP contribution in [0.1, 0.15) is 10.4 Å². The van der Waals surface area contributed by atoms with Gasteiger partial charge in [-0.05, 0) is 28.1 Å². The van der Waals surface area contributed by atoms with Crippen molar-refractivity contribution in [3.63, 3.8) is 0 Å². The van der Waals surface area contributed by atoms with Crippen molar-refractivity contribution >= 4 is 39.3 Å². The number of aromatic nitrogens is 2. The van der Waals surface area contributed by atoms with Gasteiger partial charge in [-0.25, -0.2) is 4.98 Å². The highest BCUT2D eigenvalue weighted by molar-refractivity contribution is 9.10. The number of hydrogen-bond acceptors (Lipinski definition) is 8. The Kier molecular flexibility index (Phi) is 6.81. The normalized spacial score (nSPS) is 10.4. The van der Waals surface area contributed by atoms with Crippen molar-refractivity contribution in [2.75, 3.05) is 38.6 Å². The van der Waals surface area contributed by atoms with Crippen molar-refractivity contribution in [1.82, 2.24) is 9.97 Å². The fourth-order valence-electron chi connectivity index (χ4n) is 2.87. The summed E-state index contributed by atoms with van der Waals surface area (Å²) in [5.41, 5.74) is 0.757. The van der Waals surface area contributed by atoms with Gasteiger partial charge in [-0.15, -0.1) is 0 Å². The number of carbonyl (C=O) groups excluding carboxylic acids is 1. The molecule has 1 aromatic heterocycles. The molecule has 0 unspecified atom stereocenters. The number of ether oxygens (including phenoxy) is 3. The second-order valence-electron chi connectivity index (χ2n) is 6.29. The SMILES string of the molecule is COc1cc(Nc2ncc(Br)c(N(C)C(=O)c3ccccc3O)n2)cc(OC)c1OC. The van der Waals surface area contributed by atoms with Crippen molar-refractivity contribution in [1.29, 1.82) is 0 Å². The average Bonchev–Trinajstić information content (AvgIpc) is 2.79. The molecule has 0 aliphatic heterocycles. The average molecular weight is 489 g/mol. The molecule has 3 rings (SSSR count). The number of anilines is 3. The Morgan fingerprint density at radius 3 is 2.32 bits per heavy atom. The zero-order valence-corrected chi connectivity index (χ0v) is 18.9. The van der Waals surface area contributed by atoms with Gasteiger partial charge in [0.1, 0.15) is 5.75 Å². The number of aromatic hydroxyl groups is 1. The highest BCUT2D eigenvalue weighted by atomic mass is 79.9. The van der Waals surface area contributed by atoms with Gasteiger partial charge in [0.2, 0.25) is 11.7 Å². The Bertz CT molecular complexity index is 1080. The summed E-state index contributed by atoms with van der Waals surface area (Å²) >= 11 is 3.37. The first kappa shape index (κ1) is 22.2. The topological polar surface area (TPSA) is 106 Å². The third-order valence-electron chi connectivity index (χ3n) is 4.40. The number of phenols is 1. The number of nitrogens with zero attached hydrogens (tertiary/aromatic N) is 3. The number of benzene rings is 2. The van der Waals surface area contributed by atoms with E-state index in [1.165, 1.54) is 38.5 Å². The molecule has 0 spiro atoms. The number of hydrogen-bond donors (Lipinski definition) is 2. The summed E-state index contributed by atoms with van der Waals surface area (Å²) in [6, 6.07) is 9.73. The smallest absolute Gasteiger partial charge is 0.262 e. The quantitative estimate of drug-likeness (QED) is 0.514. The van der Waals surface area contributed by atoms with Crippen molar-refractivity contribution in [3.8, 4) is 23.0 Å². The molecular weight excluding hydrogens is 468 g/mol. The highest BCUT2D eigenvalue weighted by Crippen LogP contribution is 2.40. The molecule has 162 valence electrons.